The lowest BCUT2D eigenvalue weighted by Crippen LogP contribution is -2.06. The van der Waals surface area contributed by atoms with Crippen LogP contribution in [0.15, 0.2) is 152 Å². The van der Waals surface area contributed by atoms with E-state index in [1.54, 1.807) is 0 Å². The van der Waals surface area contributed by atoms with Crippen LogP contribution in [0.3, 0.4) is 0 Å². The van der Waals surface area contributed by atoms with Gasteiger partial charge in [0.15, 0.2) is 11.6 Å². The number of benzene rings is 6. The van der Waals surface area contributed by atoms with E-state index in [1.165, 1.54) is 38.3 Å². The molecular formula is C44H31N5. The Balaban J connectivity index is 1.34. The molecule has 1 aliphatic rings. The lowest BCUT2D eigenvalue weighted by Gasteiger charge is -2.19. The van der Waals surface area contributed by atoms with Gasteiger partial charge in [0, 0.05) is 49.1 Å². The van der Waals surface area contributed by atoms with Gasteiger partial charge in [-0.05, 0) is 30.5 Å². The van der Waals surface area contributed by atoms with E-state index in [2.05, 4.69) is 131 Å². The zero-order valence-corrected chi connectivity index (χ0v) is 27.0. The molecule has 0 saturated carbocycles. The van der Waals surface area contributed by atoms with Gasteiger partial charge in [0.1, 0.15) is 0 Å². The van der Waals surface area contributed by atoms with E-state index < -0.39 is 0 Å². The summed E-state index contributed by atoms with van der Waals surface area (Å²) in [7, 11) is 0. The monoisotopic (exact) mass is 629 g/mol. The zero-order valence-electron chi connectivity index (χ0n) is 27.0. The summed E-state index contributed by atoms with van der Waals surface area (Å²) in [6.45, 7) is 2.29. The quantitative estimate of drug-likeness (QED) is 0.195. The average Bonchev–Trinajstić information content (AvgIpc) is 3.69. The predicted molar refractivity (Wildman–Crippen MR) is 203 cm³/mol. The summed E-state index contributed by atoms with van der Waals surface area (Å²) in [5, 5.41) is 7.22. The standard InChI is InChI=1S/C44H31N5/c1-28-13-12-18-31(27-28)48-38-21-10-8-19-32(38)34-23-26-37-36(40(34)48)25-24-35-33-20-9-11-22-39(33)49(41(35)37)44-46-42(29-14-4-2-5-15-29)45-43(47-44)30-16-6-3-7-17-30/h2-26,28H,27H2,1H3. The topological polar surface area (TPSA) is 48.5 Å². The number of rotatable bonds is 4. The van der Waals surface area contributed by atoms with Crippen molar-refractivity contribution in [3.8, 4) is 28.7 Å². The maximum atomic E-state index is 5.19. The van der Waals surface area contributed by atoms with Gasteiger partial charge in [0.25, 0.3) is 0 Å². The molecule has 0 bridgehead atoms. The first kappa shape index (κ1) is 27.8. The highest BCUT2D eigenvalue weighted by molar-refractivity contribution is 6.26. The van der Waals surface area contributed by atoms with Crippen molar-refractivity contribution in [1.29, 1.82) is 0 Å². The molecule has 10 rings (SSSR count). The molecular weight excluding hydrogens is 599 g/mol. The molecule has 3 heterocycles. The van der Waals surface area contributed by atoms with Crippen LogP contribution in [-0.2, 0) is 0 Å². The summed E-state index contributed by atoms with van der Waals surface area (Å²) < 4.78 is 4.74. The molecule has 5 heteroatoms. The smallest absolute Gasteiger partial charge is 0.238 e. The lowest BCUT2D eigenvalue weighted by atomic mass is 9.99. The van der Waals surface area contributed by atoms with Crippen molar-refractivity contribution in [3.05, 3.63) is 152 Å². The van der Waals surface area contributed by atoms with E-state index in [-0.39, 0.29) is 0 Å². The van der Waals surface area contributed by atoms with Crippen molar-refractivity contribution in [2.45, 2.75) is 13.3 Å². The maximum absolute atomic E-state index is 5.19. The second-order valence-electron chi connectivity index (χ2n) is 13.0. The molecule has 49 heavy (non-hydrogen) atoms. The number of para-hydroxylation sites is 2. The SMILES string of the molecule is CC1C=CC=C(n2c3ccccc3c3ccc4c(ccc5c6ccccc6n(-c6nc(-c7ccccc7)nc(-c7ccccc7)n6)c45)c32)C1. The highest BCUT2D eigenvalue weighted by Gasteiger charge is 2.23. The van der Waals surface area contributed by atoms with Gasteiger partial charge in [-0.25, -0.2) is 4.98 Å². The number of hydrogen-bond donors (Lipinski definition) is 0. The Labute approximate surface area is 283 Å². The minimum absolute atomic E-state index is 0.474. The van der Waals surface area contributed by atoms with Crippen molar-refractivity contribution < 1.29 is 0 Å². The second kappa shape index (κ2) is 10.9. The van der Waals surface area contributed by atoms with Gasteiger partial charge in [-0.1, -0.05) is 140 Å². The molecule has 0 radical (unpaired) electrons. The summed E-state index contributed by atoms with van der Waals surface area (Å²) in [6.07, 6.45) is 7.76. The van der Waals surface area contributed by atoms with Crippen LogP contribution >= 0.6 is 0 Å². The molecule has 3 aromatic heterocycles. The Kier molecular flexibility index (Phi) is 6.15. The highest BCUT2D eigenvalue weighted by atomic mass is 15.2. The number of fused-ring (bicyclic) bond motifs is 9. The molecule has 0 saturated heterocycles. The molecule has 9 aromatic rings. The van der Waals surface area contributed by atoms with E-state index in [1.807, 2.05) is 36.4 Å². The Morgan fingerprint density at radius 1 is 0.490 bits per heavy atom. The highest BCUT2D eigenvalue weighted by Crippen LogP contribution is 2.42. The van der Waals surface area contributed by atoms with Crippen LogP contribution in [0.4, 0.5) is 0 Å². The van der Waals surface area contributed by atoms with E-state index in [9.17, 15) is 0 Å². The molecule has 0 spiro atoms. The molecule has 1 unspecified atom stereocenters. The number of allylic oxidation sites excluding steroid dienone is 4. The van der Waals surface area contributed by atoms with E-state index in [0.29, 0.717) is 23.5 Å². The third-order valence-corrected chi connectivity index (χ3v) is 9.90. The van der Waals surface area contributed by atoms with Crippen molar-refractivity contribution >= 4 is 60.1 Å². The Morgan fingerprint density at radius 3 is 1.51 bits per heavy atom. The van der Waals surface area contributed by atoms with Gasteiger partial charge in [-0.3, -0.25) is 4.57 Å². The first-order valence-electron chi connectivity index (χ1n) is 16.9. The average molecular weight is 630 g/mol. The van der Waals surface area contributed by atoms with E-state index >= 15 is 0 Å². The Bertz CT molecular complexity index is 2750. The number of hydrogen-bond acceptors (Lipinski definition) is 3. The Morgan fingerprint density at radius 2 is 0.959 bits per heavy atom. The minimum Gasteiger partial charge on any atom is -0.312 e. The zero-order chi connectivity index (χ0) is 32.5. The van der Waals surface area contributed by atoms with Gasteiger partial charge < -0.3 is 4.57 Å². The molecule has 6 aromatic carbocycles. The fraction of sp³-hybridized carbons (Fsp3) is 0.0682. The maximum Gasteiger partial charge on any atom is 0.238 e. The summed E-state index contributed by atoms with van der Waals surface area (Å²) in [6, 6.07) is 46.9. The summed E-state index contributed by atoms with van der Waals surface area (Å²) in [4.78, 5) is 15.4. The predicted octanol–water partition coefficient (Wildman–Crippen LogP) is 11.0. The Hall–Kier alpha value is -6.33. The van der Waals surface area contributed by atoms with Crippen molar-refractivity contribution in [2.75, 3.05) is 0 Å². The van der Waals surface area contributed by atoms with Crippen LogP contribution in [0.1, 0.15) is 13.3 Å². The van der Waals surface area contributed by atoms with E-state index in [0.717, 1.165) is 39.4 Å². The summed E-state index contributed by atoms with van der Waals surface area (Å²) in [5.74, 6) is 2.36. The largest absolute Gasteiger partial charge is 0.312 e. The van der Waals surface area contributed by atoms with Crippen molar-refractivity contribution in [1.82, 2.24) is 24.1 Å². The third kappa shape index (κ3) is 4.29. The minimum atomic E-state index is 0.474. The fourth-order valence-electron chi connectivity index (χ4n) is 7.72. The third-order valence-electron chi connectivity index (χ3n) is 9.90. The van der Waals surface area contributed by atoms with Crippen molar-refractivity contribution in [2.24, 2.45) is 5.92 Å². The van der Waals surface area contributed by atoms with Crippen LogP contribution in [-0.4, -0.2) is 24.1 Å². The van der Waals surface area contributed by atoms with Crippen LogP contribution < -0.4 is 0 Å². The van der Waals surface area contributed by atoms with Crippen LogP contribution in [0.5, 0.6) is 0 Å². The molecule has 0 fully saturated rings. The molecule has 232 valence electrons. The molecule has 0 N–H and O–H groups in total. The lowest BCUT2D eigenvalue weighted by molar-refractivity contribution is 0.730. The van der Waals surface area contributed by atoms with E-state index in [4.69, 9.17) is 15.0 Å². The number of aromatic nitrogens is 5. The van der Waals surface area contributed by atoms with Crippen LogP contribution in [0, 0.1) is 5.92 Å². The van der Waals surface area contributed by atoms with Gasteiger partial charge in [0.2, 0.25) is 5.95 Å². The second-order valence-corrected chi connectivity index (χ2v) is 13.0. The summed E-state index contributed by atoms with van der Waals surface area (Å²) >= 11 is 0. The van der Waals surface area contributed by atoms with Gasteiger partial charge >= 0.3 is 0 Å². The van der Waals surface area contributed by atoms with Gasteiger partial charge in [-0.2, -0.15) is 9.97 Å². The molecule has 1 atom stereocenters. The van der Waals surface area contributed by atoms with Crippen molar-refractivity contribution in [3.63, 3.8) is 0 Å². The normalized spacial score (nSPS) is 14.8. The molecule has 1 aliphatic carbocycles. The van der Waals surface area contributed by atoms with Crippen LogP contribution in [0.25, 0.3) is 88.8 Å². The first-order valence-corrected chi connectivity index (χ1v) is 16.9. The molecule has 5 nitrogen and oxygen atoms in total. The van der Waals surface area contributed by atoms with Gasteiger partial charge in [-0.15, -0.1) is 0 Å². The summed E-state index contributed by atoms with van der Waals surface area (Å²) in [5.41, 5.74) is 7.82. The van der Waals surface area contributed by atoms with Gasteiger partial charge in [0.05, 0.1) is 22.1 Å². The fourth-order valence-corrected chi connectivity index (χ4v) is 7.72. The first-order chi connectivity index (χ1) is 24.2. The molecule has 0 aliphatic heterocycles. The number of nitrogens with zero attached hydrogens (tertiary/aromatic N) is 5. The van der Waals surface area contributed by atoms with Crippen LogP contribution in [0.2, 0.25) is 0 Å². The molecule has 0 amide bonds.